The molecule has 6 heteroatoms. The lowest BCUT2D eigenvalue weighted by atomic mass is 10.0. The number of nitrogens with one attached hydrogen (secondary N) is 1. The highest BCUT2D eigenvalue weighted by atomic mass is 19.4. The normalized spacial score (nSPS) is 13.2. The van der Waals surface area contributed by atoms with E-state index in [1.54, 1.807) is 13.8 Å². The zero-order valence-corrected chi connectivity index (χ0v) is 10.8. The minimum Gasteiger partial charge on any atom is -0.330 e. The van der Waals surface area contributed by atoms with Gasteiger partial charge in [-0.05, 0) is 31.0 Å². The lowest BCUT2D eigenvalue weighted by molar-refractivity contribution is -0.137. The molecule has 0 saturated heterocycles. The van der Waals surface area contributed by atoms with Gasteiger partial charge in [0.1, 0.15) is 0 Å². The first-order valence-electron chi connectivity index (χ1n) is 5.98. The average molecular weight is 274 g/mol. The molecule has 0 aliphatic carbocycles. The number of nitrogens with two attached hydrogens (primary N) is 1. The Bertz CT molecular complexity index is 454. The van der Waals surface area contributed by atoms with Gasteiger partial charge in [0.2, 0.25) is 5.91 Å². The smallest absolute Gasteiger partial charge is 0.330 e. The number of rotatable bonds is 4. The molecule has 1 aromatic carbocycles. The number of aryl methyl sites for hydroxylation is 1. The number of hydrogen-bond acceptors (Lipinski definition) is 2. The van der Waals surface area contributed by atoms with Gasteiger partial charge in [0.05, 0.1) is 11.5 Å². The van der Waals surface area contributed by atoms with E-state index in [0.717, 1.165) is 12.1 Å². The Labute approximate surface area is 110 Å². The average Bonchev–Trinajstić information content (AvgIpc) is 2.32. The first kappa shape index (κ1) is 15.5. The second-order valence-corrected chi connectivity index (χ2v) is 4.36. The Morgan fingerprint density at radius 3 is 2.53 bits per heavy atom. The summed E-state index contributed by atoms with van der Waals surface area (Å²) in [6, 6.07) is 3.27. The largest absolute Gasteiger partial charge is 0.416 e. The second kappa shape index (κ2) is 6.06. The van der Waals surface area contributed by atoms with Crippen LogP contribution in [0, 0.1) is 12.8 Å². The minimum atomic E-state index is -4.43. The molecule has 0 spiro atoms. The molecule has 1 rings (SSSR count). The van der Waals surface area contributed by atoms with Crippen LogP contribution in [0.25, 0.3) is 0 Å². The fourth-order valence-electron chi connectivity index (χ4n) is 1.63. The molecule has 1 unspecified atom stereocenters. The molecule has 1 atom stereocenters. The van der Waals surface area contributed by atoms with E-state index in [2.05, 4.69) is 5.32 Å². The van der Waals surface area contributed by atoms with Crippen molar-refractivity contribution < 1.29 is 18.0 Å². The van der Waals surface area contributed by atoms with Gasteiger partial charge in [-0.2, -0.15) is 13.2 Å². The Balaban J connectivity index is 2.98. The summed E-state index contributed by atoms with van der Waals surface area (Å²) in [6.07, 6.45) is -3.88. The molecule has 1 amide bonds. The van der Waals surface area contributed by atoms with E-state index in [1.807, 2.05) is 0 Å². The molecule has 0 radical (unpaired) electrons. The van der Waals surface area contributed by atoms with Crippen molar-refractivity contribution in [3.8, 4) is 0 Å². The number of benzene rings is 1. The molecule has 0 aromatic heterocycles. The third-order valence-corrected chi connectivity index (χ3v) is 2.97. The molecule has 0 aliphatic rings. The van der Waals surface area contributed by atoms with Crippen molar-refractivity contribution in [2.75, 3.05) is 11.9 Å². The van der Waals surface area contributed by atoms with Crippen LogP contribution in [0.3, 0.4) is 0 Å². The monoisotopic (exact) mass is 274 g/mol. The van der Waals surface area contributed by atoms with Crippen LogP contribution in [0.2, 0.25) is 0 Å². The summed E-state index contributed by atoms with van der Waals surface area (Å²) in [5.41, 5.74) is 5.40. The molecule has 3 N–H and O–H groups in total. The van der Waals surface area contributed by atoms with Crippen molar-refractivity contribution in [2.24, 2.45) is 11.7 Å². The van der Waals surface area contributed by atoms with Crippen LogP contribution < -0.4 is 11.1 Å². The number of halogens is 3. The SMILES string of the molecule is CCC(CN)C(=O)Nc1cc(C(F)(F)F)ccc1C. The van der Waals surface area contributed by atoms with Crippen LogP contribution in [-0.4, -0.2) is 12.5 Å². The summed E-state index contributed by atoms with van der Waals surface area (Å²) in [4.78, 5) is 11.8. The summed E-state index contributed by atoms with van der Waals surface area (Å²) in [6.45, 7) is 3.61. The van der Waals surface area contributed by atoms with Crippen molar-refractivity contribution in [3.05, 3.63) is 29.3 Å². The maximum Gasteiger partial charge on any atom is 0.416 e. The van der Waals surface area contributed by atoms with Gasteiger partial charge in [-0.1, -0.05) is 13.0 Å². The summed E-state index contributed by atoms with van der Waals surface area (Å²) >= 11 is 0. The van der Waals surface area contributed by atoms with Crippen molar-refractivity contribution in [2.45, 2.75) is 26.4 Å². The maximum absolute atomic E-state index is 12.6. The summed E-state index contributed by atoms with van der Waals surface area (Å²) in [5.74, 6) is -0.749. The Hall–Kier alpha value is -1.56. The van der Waals surface area contributed by atoms with Crippen LogP contribution in [0.5, 0.6) is 0 Å². The molecule has 0 heterocycles. The first-order chi connectivity index (χ1) is 8.79. The molecule has 106 valence electrons. The highest BCUT2D eigenvalue weighted by molar-refractivity contribution is 5.93. The number of anilines is 1. The zero-order valence-electron chi connectivity index (χ0n) is 10.8. The van der Waals surface area contributed by atoms with E-state index in [-0.39, 0.29) is 18.1 Å². The predicted octanol–water partition coefficient (Wildman–Crippen LogP) is 2.94. The quantitative estimate of drug-likeness (QED) is 0.887. The highest BCUT2D eigenvalue weighted by Crippen LogP contribution is 2.32. The van der Waals surface area contributed by atoms with Crippen LogP contribution in [0.15, 0.2) is 18.2 Å². The predicted molar refractivity (Wildman–Crippen MR) is 67.6 cm³/mol. The molecule has 0 saturated carbocycles. The molecular weight excluding hydrogens is 257 g/mol. The topological polar surface area (TPSA) is 55.1 Å². The van der Waals surface area contributed by atoms with Crippen LogP contribution >= 0.6 is 0 Å². The van der Waals surface area contributed by atoms with Gasteiger partial charge in [-0.25, -0.2) is 0 Å². The fourth-order valence-corrected chi connectivity index (χ4v) is 1.63. The van der Waals surface area contributed by atoms with Gasteiger partial charge < -0.3 is 11.1 Å². The number of hydrogen-bond donors (Lipinski definition) is 2. The number of alkyl halides is 3. The standard InChI is InChI=1S/C13H17F3N2O/c1-3-9(7-17)12(19)18-11-6-10(13(14,15)16)5-4-8(11)2/h4-6,9H,3,7,17H2,1-2H3,(H,18,19). The summed E-state index contributed by atoms with van der Waals surface area (Å²) in [7, 11) is 0. The Kier molecular flexibility index (Phi) is 4.94. The van der Waals surface area contributed by atoms with Gasteiger partial charge >= 0.3 is 6.18 Å². The van der Waals surface area contributed by atoms with Gasteiger partial charge in [0, 0.05) is 12.2 Å². The van der Waals surface area contributed by atoms with Crippen molar-refractivity contribution in [3.63, 3.8) is 0 Å². The Morgan fingerprint density at radius 2 is 2.05 bits per heavy atom. The van der Waals surface area contributed by atoms with Crippen molar-refractivity contribution in [1.29, 1.82) is 0 Å². The molecular formula is C13H17F3N2O. The molecule has 19 heavy (non-hydrogen) atoms. The third kappa shape index (κ3) is 3.96. The van der Waals surface area contributed by atoms with Gasteiger partial charge in [-0.3, -0.25) is 4.79 Å². The Morgan fingerprint density at radius 1 is 1.42 bits per heavy atom. The van der Waals surface area contributed by atoms with E-state index in [1.165, 1.54) is 6.07 Å². The van der Waals surface area contributed by atoms with Gasteiger partial charge in [0.25, 0.3) is 0 Å². The number of carbonyl (C=O) groups is 1. The molecule has 0 aliphatic heterocycles. The third-order valence-electron chi connectivity index (χ3n) is 2.97. The molecule has 0 fully saturated rings. The lowest BCUT2D eigenvalue weighted by Gasteiger charge is -2.16. The van der Waals surface area contributed by atoms with Crippen molar-refractivity contribution in [1.82, 2.24) is 0 Å². The van der Waals surface area contributed by atoms with E-state index in [0.29, 0.717) is 12.0 Å². The van der Waals surface area contributed by atoms with E-state index >= 15 is 0 Å². The molecule has 3 nitrogen and oxygen atoms in total. The molecule has 1 aromatic rings. The number of carbonyl (C=O) groups excluding carboxylic acids is 1. The molecule has 0 bridgehead atoms. The van der Waals surface area contributed by atoms with Crippen molar-refractivity contribution >= 4 is 11.6 Å². The minimum absolute atomic E-state index is 0.167. The zero-order chi connectivity index (χ0) is 14.6. The fraction of sp³-hybridized carbons (Fsp3) is 0.462. The van der Waals surface area contributed by atoms with E-state index in [9.17, 15) is 18.0 Å². The van der Waals surface area contributed by atoms with Crippen LogP contribution in [0.1, 0.15) is 24.5 Å². The highest BCUT2D eigenvalue weighted by Gasteiger charge is 2.31. The van der Waals surface area contributed by atoms with Crippen LogP contribution in [-0.2, 0) is 11.0 Å². The number of amides is 1. The van der Waals surface area contributed by atoms with Crippen LogP contribution in [0.4, 0.5) is 18.9 Å². The van der Waals surface area contributed by atoms with Gasteiger partial charge in [0.15, 0.2) is 0 Å². The summed E-state index contributed by atoms with van der Waals surface area (Å²) in [5, 5.41) is 2.51. The van der Waals surface area contributed by atoms with E-state index in [4.69, 9.17) is 5.73 Å². The summed E-state index contributed by atoms with van der Waals surface area (Å²) < 4.78 is 37.8. The van der Waals surface area contributed by atoms with E-state index < -0.39 is 17.7 Å². The lowest BCUT2D eigenvalue weighted by Crippen LogP contribution is -2.29. The van der Waals surface area contributed by atoms with Gasteiger partial charge in [-0.15, -0.1) is 0 Å². The maximum atomic E-state index is 12.6. The second-order valence-electron chi connectivity index (χ2n) is 4.36. The first-order valence-corrected chi connectivity index (χ1v) is 5.98.